The Hall–Kier alpha value is -1.05. The molecule has 0 bridgehead atoms. The normalized spacial score (nSPS) is 11.7. The van der Waals surface area contributed by atoms with Crippen molar-refractivity contribution in [3.8, 4) is 0 Å². The molecule has 0 fully saturated rings. The highest BCUT2D eigenvalue weighted by Crippen LogP contribution is 1.97. The Kier molecular flexibility index (Phi) is 6.90. The second kappa shape index (κ2) is 8.19. The van der Waals surface area contributed by atoms with Crippen LogP contribution < -0.4 is 10.0 Å². The third-order valence-electron chi connectivity index (χ3n) is 2.50. The molecule has 0 aliphatic heterocycles. The Bertz CT molecular complexity index is 476. The van der Waals surface area contributed by atoms with E-state index in [9.17, 15) is 8.42 Å². The fourth-order valence-corrected chi connectivity index (χ4v) is 2.59. The van der Waals surface area contributed by atoms with Gasteiger partial charge in [0.15, 0.2) is 0 Å². The first-order valence-electron chi connectivity index (χ1n) is 6.50. The van der Waals surface area contributed by atoms with Crippen molar-refractivity contribution in [2.24, 2.45) is 0 Å². The lowest BCUT2D eigenvalue weighted by Crippen LogP contribution is -2.28. The molecule has 1 rings (SSSR count). The summed E-state index contributed by atoms with van der Waals surface area (Å²) in [4.78, 5) is 8.11. The van der Waals surface area contributed by atoms with Crippen LogP contribution in [-0.4, -0.2) is 37.2 Å². The zero-order valence-corrected chi connectivity index (χ0v) is 12.3. The van der Waals surface area contributed by atoms with E-state index in [4.69, 9.17) is 0 Å². The van der Waals surface area contributed by atoms with E-state index in [1.165, 1.54) is 0 Å². The minimum atomic E-state index is -3.23. The van der Waals surface area contributed by atoms with Gasteiger partial charge in [0.05, 0.1) is 18.0 Å². The molecule has 6 nitrogen and oxygen atoms in total. The molecule has 19 heavy (non-hydrogen) atoms. The van der Waals surface area contributed by atoms with Gasteiger partial charge >= 0.3 is 0 Å². The summed E-state index contributed by atoms with van der Waals surface area (Å²) < 4.78 is 26.0. The summed E-state index contributed by atoms with van der Waals surface area (Å²) >= 11 is 0. The lowest BCUT2D eigenvalue weighted by Gasteiger charge is -2.07. The quantitative estimate of drug-likeness (QED) is 0.649. The Labute approximate surface area is 115 Å². The summed E-state index contributed by atoms with van der Waals surface area (Å²) in [5.41, 5.74) is 0.681. The van der Waals surface area contributed by atoms with Crippen molar-refractivity contribution in [2.75, 3.05) is 18.8 Å². The Balaban J connectivity index is 2.30. The average molecular weight is 286 g/mol. The van der Waals surface area contributed by atoms with Crippen LogP contribution in [0.15, 0.2) is 12.3 Å². The summed E-state index contributed by atoms with van der Waals surface area (Å²) in [5.74, 6) is 0.772. The first kappa shape index (κ1) is 16.0. The zero-order chi connectivity index (χ0) is 14.1. The van der Waals surface area contributed by atoms with E-state index in [-0.39, 0.29) is 12.3 Å². The van der Waals surface area contributed by atoms with Crippen molar-refractivity contribution in [2.45, 2.75) is 33.2 Å². The van der Waals surface area contributed by atoms with Gasteiger partial charge in [-0.25, -0.2) is 23.1 Å². The van der Waals surface area contributed by atoms with E-state index in [1.807, 2.05) is 0 Å². The molecule has 0 unspecified atom stereocenters. The topological polar surface area (TPSA) is 84.0 Å². The molecule has 0 saturated heterocycles. The maximum atomic E-state index is 11.7. The number of hydrogen-bond acceptors (Lipinski definition) is 5. The standard InChI is InChI=1S/C12H22N4O2S/c1-3-6-13-7-4-9-19(17,18)15-10-12-5-8-14-11(2)16-12/h5,8,13,15H,3-4,6-7,9-10H2,1-2H3. The van der Waals surface area contributed by atoms with E-state index in [1.54, 1.807) is 19.2 Å². The van der Waals surface area contributed by atoms with E-state index >= 15 is 0 Å². The molecule has 0 atom stereocenters. The predicted molar refractivity (Wildman–Crippen MR) is 75.2 cm³/mol. The third-order valence-corrected chi connectivity index (χ3v) is 3.91. The van der Waals surface area contributed by atoms with Gasteiger partial charge in [-0.1, -0.05) is 6.92 Å². The summed E-state index contributed by atoms with van der Waals surface area (Å²) in [5, 5.41) is 3.18. The van der Waals surface area contributed by atoms with Gasteiger partial charge in [-0.3, -0.25) is 0 Å². The van der Waals surface area contributed by atoms with Gasteiger partial charge in [0, 0.05) is 6.20 Å². The van der Waals surface area contributed by atoms with Crippen LogP contribution in [-0.2, 0) is 16.6 Å². The number of rotatable bonds is 9. The zero-order valence-electron chi connectivity index (χ0n) is 11.5. The molecule has 0 amide bonds. The molecule has 1 aromatic rings. The Morgan fingerprint density at radius 3 is 2.79 bits per heavy atom. The molecule has 0 aliphatic carbocycles. The van der Waals surface area contributed by atoms with Gasteiger partial charge < -0.3 is 5.32 Å². The van der Waals surface area contributed by atoms with Crippen LogP contribution in [0.25, 0.3) is 0 Å². The van der Waals surface area contributed by atoms with Crippen LogP contribution in [0.3, 0.4) is 0 Å². The van der Waals surface area contributed by atoms with Gasteiger partial charge in [-0.2, -0.15) is 0 Å². The molecule has 0 aliphatic rings. The van der Waals surface area contributed by atoms with E-state index in [2.05, 4.69) is 26.9 Å². The van der Waals surface area contributed by atoms with Gasteiger partial charge in [-0.05, 0) is 38.9 Å². The third kappa shape index (κ3) is 7.19. The predicted octanol–water partition coefficient (Wildman–Crippen LogP) is 0.594. The van der Waals surface area contributed by atoms with Crippen molar-refractivity contribution in [1.82, 2.24) is 20.0 Å². The highest BCUT2D eigenvalue weighted by Gasteiger charge is 2.09. The van der Waals surface area contributed by atoms with Crippen molar-refractivity contribution in [3.63, 3.8) is 0 Å². The monoisotopic (exact) mass is 286 g/mol. The molecule has 7 heteroatoms. The molecule has 2 N–H and O–H groups in total. The van der Waals surface area contributed by atoms with Gasteiger partial charge in [0.25, 0.3) is 0 Å². The number of nitrogens with one attached hydrogen (secondary N) is 2. The lowest BCUT2D eigenvalue weighted by molar-refractivity contribution is 0.573. The summed E-state index contributed by atoms with van der Waals surface area (Å²) in [6, 6.07) is 1.71. The van der Waals surface area contributed by atoms with Crippen LogP contribution in [0.1, 0.15) is 31.3 Å². The maximum absolute atomic E-state index is 11.7. The van der Waals surface area contributed by atoms with Crippen LogP contribution in [0, 0.1) is 6.92 Å². The van der Waals surface area contributed by atoms with E-state index in [0.29, 0.717) is 17.9 Å². The molecule has 0 radical (unpaired) electrons. The molecule has 108 valence electrons. The second-order valence-electron chi connectivity index (χ2n) is 4.34. The minimum Gasteiger partial charge on any atom is -0.317 e. The minimum absolute atomic E-state index is 0.133. The maximum Gasteiger partial charge on any atom is 0.211 e. The van der Waals surface area contributed by atoms with Gasteiger partial charge in [0.2, 0.25) is 10.0 Å². The summed E-state index contributed by atoms with van der Waals surface area (Å²) in [6.07, 6.45) is 3.29. The number of aryl methyl sites for hydroxylation is 1. The lowest BCUT2D eigenvalue weighted by atomic mass is 10.4. The fraction of sp³-hybridized carbons (Fsp3) is 0.667. The van der Waals surface area contributed by atoms with Gasteiger partial charge in [-0.15, -0.1) is 0 Å². The molecular weight excluding hydrogens is 264 g/mol. The van der Waals surface area contributed by atoms with Crippen LogP contribution in [0.5, 0.6) is 0 Å². The molecular formula is C12H22N4O2S. The highest BCUT2D eigenvalue weighted by atomic mass is 32.2. The largest absolute Gasteiger partial charge is 0.317 e. The summed E-state index contributed by atoms with van der Waals surface area (Å²) in [7, 11) is -3.23. The van der Waals surface area contributed by atoms with Crippen LogP contribution >= 0.6 is 0 Å². The highest BCUT2D eigenvalue weighted by molar-refractivity contribution is 7.89. The molecule has 0 spiro atoms. The van der Waals surface area contributed by atoms with Crippen molar-refractivity contribution >= 4 is 10.0 Å². The molecule has 0 aromatic carbocycles. The SMILES string of the molecule is CCCNCCCS(=O)(=O)NCc1ccnc(C)n1. The second-order valence-corrected chi connectivity index (χ2v) is 6.27. The van der Waals surface area contributed by atoms with Crippen LogP contribution in [0.2, 0.25) is 0 Å². The number of nitrogens with zero attached hydrogens (tertiary/aromatic N) is 2. The van der Waals surface area contributed by atoms with Crippen molar-refractivity contribution in [3.05, 3.63) is 23.8 Å². The number of hydrogen-bond donors (Lipinski definition) is 2. The molecule has 1 aromatic heterocycles. The van der Waals surface area contributed by atoms with Crippen molar-refractivity contribution < 1.29 is 8.42 Å². The van der Waals surface area contributed by atoms with Crippen LogP contribution in [0.4, 0.5) is 0 Å². The molecule has 1 heterocycles. The van der Waals surface area contributed by atoms with E-state index < -0.39 is 10.0 Å². The van der Waals surface area contributed by atoms with Gasteiger partial charge in [0.1, 0.15) is 5.82 Å². The fourth-order valence-electron chi connectivity index (χ4n) is 1.55. The first-order chi connectivity index (χ1) is 9.03. The molecule has 0 saturated carbocycles. The summed E-state index contributed by atoms with van der Waals surface area (Å²) in [6.45, 7) is 5.72. The Morgan fingerprint density at radius 1 is 1.32 bits per heavy atom. The number of aromatic nitrogens is 2. The van der Waals surface area contributed by atoms with Crippen molar-refractivity contribution in [1.29, 1.82) is 0 Å². The average Bonchev–Trinajstić information content (AvgIpc) is 2.36. The van der Waals surface area contributed by atoms with E-state index in [0.717, 1.165) is 19.5 Å². The number of sulfonamides is 1. The first-order valence-corrected chi connectivity index (χ1v) is 8.15. The Morgan fingerprint density at radius 2 is 2.11 bits per heavy atom. The smallest absolute Gasteiger partial charge is 0.211 e.